The predicted molar refractivity (Wildman–Crippen MR) is 65.1 cm³/mol. The maximum Gasteiger partial charge on any atom is 0.252 e. The van der Waals surface area contributed by atoms with Crippen molar-refractivity contribution in [2.45, 2.75) is 32.7 Å². The van der Waals surface area contributed by atoms with Crippen molar-refractivity contribution in [1.82, 2.24) is 21.1 Å². The smallest absolute Gasteiger partial charge is 0.252 e. The lowest BCUT2D eigenvalue weighted by Crippen LogP contribution is -2.48. The molecule has 0 radical (unpaired) electrons. The van der Waals surface area contributed by atoms with Gasteiger partial charge in [0.25, 0.3) is 5.91 Å². The van der Waals surface area contributed by atoms with Crippen LogP contribution in [-0.2, 0) is 9.59 Å². The molecule has 0 saturated carbocycles. The van der Waals surface area contributed by atoms with E-state index in [9.17, 15) is 9.59 Å². The predicted octanol–water partition coefficient (Wildman–Crippen LogP) is -0.772. The summed E-state index contributed by atoms with van der Waals surface area (Å²) in [5, 5.41) is 3.29. The van der Waals surface area contributed by atoms with Gasteiger partial charge >= 0.3 is 0 Å². The van der Waals surface area contributed by atoms with Crippen LogP contribution in [0.15, 0.2) is 0 Å². The Balaban J connectivity index is 2.36. The van der Waals surface area contributed by atoms with Crippen molar-refractivity contribution in [1.29, 1.82) is 0 Å². The number of nitrogens with one attached hydrogen (secondary N) is 3. The number of carbonyl (C=O) groups is 2. The molecule has 0 aliphatic carbocycles. The van der Waals surface area contributed by atoms with E-state index in [0.717, 1.165) is 32.5 Å². The fourth-order valence-corrected chi connectivity index (χ4v) is 2.01. The van der Waals surface area contributed by atoms with Gasteiger partial charge in [0.2, 0.25) is 5.91 Å². The monoisotopic (exact) mass is 242 g/mol. The number of amides is 2. The van der Waals surface area contributed by atoms with Crippen molar-refractivity contribution in [2.24, 2.45) is 0 Å². The van der Waals surface area contributed by atoms with E-state index in [1.165, 1.54) is 6.92 Å². The maximum absolute atomic E-state index is 11.6. The van der Waals surface area contributed by atoms with Gasteiger partial charge in [-0.25, -0.2) is 0 Å². The van der Waals surface area contributed by atoms with Gasteiger partial charge in [-0.1, -0.05) is 6.92 Å². The Hall–Kier alpha value is -1.14. The number of nitrogens with zero attached hydrogens (tertiary/aromatic N) is 1. The minimum atomic E-state index is -0.261. The second kappa shape index (κ2) is 7.24. The van der Waals surface area contributed by atoms with Crippen molar-refractivity contribution in [3.63, 3.8) is 0 Å². The molecule has 0 aromatic heterocycles. The van der Waals surface area contributed by atoms with Gasteiger partial charge in [0.15, 0.2) is 0 Å². The summed E-state index contributed by atoms with van der Waals surface area (Å²) in [6, 6.07) is 0.429. The third-order valence-electron chi connectivity index (χ3n) is 2.79. The molecule has 1 fully saturated rings. The Kier molecular flexibility index (Phi) is 5.93. The number of hydrogen-bond donors (Lipinski definition) is 3. The normalized spacial score (nSPS) is 19.4. The fraction of sp³-hybridized carbons (Fsp3) is 0.818. The van der Waals surface area contributed by atoms with E-state index in [-0.39, 0.29) is 11.8 Å². The Morgan fingerprint density at radius 3 is 2.71 bits per heavy atom. The van der Waals surface area contributed by atoms with Crippen LogP contribution in [0.1, 0.15) is 26.7 Å². The summed E-state index contributed by atoms with van der Waals surface area (Å²) in [7, 11) is 0. The first-order chi connectivity index (χ1) is 8.13. The lowest BCUT2D eigenvalue weighted by atomic mass is 10.2. The minimum Gasteiger partial charge on any atom is -0.315 e. The van der Waals surface area contributed by atoms with Gasteiger partial charge in [-0.15, -0.1) is 0 Å². The molecule has 17 heavy (non-hydrogen) atoms. The molecule has 1 heterocycles. The van der Waals surface area contributed by atoms with Gasteiger partial charge in [-0.2, -0.15) is 0 Å². The van der Waals surface area contributed by atoms with E-state index in [1.54, 1.807) is 0 Å². The van der Waals surface area contributed by atoms with Crippen molar-refractivity contribution in [3.05, 3.63) is 0 Å². The van der Waals surface area contributed by atoms with E-state index in [4.69, 9.17) is 0 Å². The standard InChI is InChI=1S/C11H22N4O2/c1-3-6-15(10-4-5-12-7-10)8-11(17)14-13-9(2)16/h10,12H,3-8H2,1-2H3,(H,13,16)(H,14,17). The van der Waals surface area contributed by atoms with Crippen LogP contribution < -0.4 is 16.2 Å². The molecule has 1 aliphatic heterocycles. The maximum atomic E-state index is 11.6. The summed E-state index contributed by atoms with van der Waals surface area (Å²) >= 11 is 0. The zero-order valence-corrected chi connectivity index (χ0v) is 10.6. The fourth-order valence-electron chi connectivity index (χ4n) is 2.01. The number of carbonyl (C=O) groups excluding carboxylic acids is 2. The Morgan fingerprint density at radius 1 is 1.41 bits per heavy atom. The summed E-state index contributed by atoms with van der Waals surface area (Å²) in [4.78, 5) is 24.4. The molecule has 98 valence electrons. The SMILES string of the molecule is CCCN(CC(=O)NNC(C)=O)C1CCNC1. The van der Waals surface area contributed by atoms with E-state index >= 15 is 0 Å². The van der Waals surface area contributed by atoms with Gasteiger partial charge in [0, 0.05) is 19.5 Å². The molecule has 0 bridgehead atoms. The Morgan fingerprint density at radius 2 is 2.18 bits per heavy atom. The van der Waals surface area contributed by atoms with E-state index < -0.39 is 0 Å². The lowest BCUT2D eigenvalue weighted by Gasteiger charge is -2.27. The van der Waals surface area contributed by atoms with Crippen LogP contribution in [-0.4, -0.2) is 48.9 Å². The molecule has 2 amide bonds. The molecule has 1 rings (SSSR count). The highest BCUT2D eigenvalue weighted by Gasteiger charge is 2.23. The highest BCUT2D eigenvalue weighted by molar-refractivity contribution is 5.81. The molecule has 1 aliphatic rings. The van der Waals surface area contributed by atoms with Gasteiger partial charge < -0.3 is 5.32 Å². The van der Waals surface area contributed by atoms with E-state index in [2.05, 4.69) is 28.0 Å². The highest BCUT2D eigenvalue weighted by atomic mass is 16.2. The van der Waals surface area contributed by atoms with Gasteiger partial charge in [-0.05, 0) is 25.9 Å². The van der Waals surface area contributed by atoms with Crippen LogP contribution in [0.2, 0.25) is 0 Å². The van der Waals surface area contributed by atoms with E-state index in [0.29, 0.717) is 12.6 Å². The molecule has 3 N–H and O–H groups in total. The number of hydrogen-bond acceptors (Lipinski definition) is 4. The summed E-state index contributed by atoms with van der Waals surface area (Å²) in [6.07, 6.45) is 2.09. The van der Waals surface area contributed by atoms with Crippen LogP contribution in [0.4, 0.5) is 0 Å². The molecule has 0 aromatic rings. The summed E-state index contributed by atoms with van der Waals surface area (Å²) in [6.45, 7) is 6.65. The Labute approximate surface area is 102 Å². The third kappa shape index (κ3) is 5.14. The van der Waals surface area contributed by atoms with E-state index in [1.807, 2.05) is 0 Å². The average Bonchev–Trinajstić information content (AvgIpc) is 2.79. The molecule has 6 heteroatoms. The minimum absolute atomic E-state index is 0.166. The van der Waals surface area contributed by atoms with Crippen molar-refractivity contribution < 1.29 is 9.59 Å². The zero-order chi connectivity index (χ0) is 12.7. The summed E-state index contributed by atoms with van der Waals surface area (Å²) < 4.78 is 0. The molecular formula is C11H22N4O2. The quantitative estimate of drug-likeness (QED) is 0.553. The first-order valence-electron chi connectivity index (χ1n) is 6.13. The summed E-state index contributed by atoms with van der Waals surface area (Å²) in [5.74, 6) is -0.427. The topological polar surface area (TPSA) is 73.5 Å². The third-order valence-corrected chi connectivity index (χ3v) is 2.79. The van der Waals surface area contributed by atoms with Crippen molar-refractivity contribution in [2.75, 3.05) is 26.2 Å². The van der Waals surface area contributed by atoms with Gasteiger partial charge in [0.05, 0.1) is 6.54 Å². The molecule has 1 saturated heterocycles. The molecule has 1 unspecified atom stereocenters. The summed E-state index contributed by atoms with van der Waals surface area (Å²) in [5.41, 5.74) is 4.70. The molecule has 6 nitrogen and oxygen atoms in total. The molecule has 0 aromatic carbocycles. The van der Waals surface area contributed by atoms with Crippen LogP contribution in [0.25, 0.3) is 0 Å². The second-order valence-corrected chi connectivity index (χ2v) is 4.35. The molecule has 1 atom stereocenters. The molecule has 0 spiro atoms. The van der Waals surface area contributed by atoms with Crippen LogP contribution in [0, 0.1) is 0 Å². The van der Waals surface area contributed by atoms with Crippen LogP contribution in [0.3, 0.4) is 0 Å². The average molecular weight is 242 g/mol. The first-order valence-corrected chi connectivity index (χ1v) is 6.13. The van der Waals surface area contributed by atoms with Gasteiger partial charge in [0.1, 0.15) is 0 Å². The first kappa shape index (κ1) is 13.9. The van der Waals surface area contributed by atoms with Crippen molar-refractivity contribution >= 4 is 11.8 Å². The van der Waals surface area contributed by atoms with Crippen LogP contribution in [0.5, 0.6) is 0 Å². The van der Waals surface area contributed by atoms with Crippen molar-refractivity contribution in [3.8, 4) is 0 Å². The largest absolute Gasteiger partial charge is 0.315 e. The van der Waals surface area contributed by atoms with Crippen LogP contribution >= 0.6 is 0 Å². The second-order valence-electron chi connectivity index (χ2n) is 4.35. The molecular weight excluding hydrogens is 220 g/mol. The number of rotatable bonds is 5. The zero-order valence-electron chi connectivity index (χ0n) is 10.6. The lowest BCUT2D eigenvalue weighted by molar-refractivity contribution is -0.128. The highest BCUT2D eigenvalue weighted by Crippen LogP contribution is 2.08. The van der Waals surface area contributed by atoms with Gasteiger partial charge in [-0.3, -0.25) is 25.3 Å². The Bertz CT molecular complexity index is 264. The number of hydrazine groups is 1.